The molecule has 2 rings (SSSR count). The Hall–Kier alpha value is -1.18. The predicted octanol–water partition coefficient (Wildman–Crippen LogP) is 2.50. The number of hydrogen-bond donors (Lipinski definition) is 0. The molecule has 1 aliphatic heterocycles. The summed E-state index contributed by atoms with van der Waals surface area (Å²) in [6, 6.07) is 8.70. The first-order valence-corrected chi connectivity index (χ1v) is 7.25. The largest absolute Gasteiger partial charge is 0.495 e. The molecule has 4 heteroatoms. The van der Waals surface area contributed by atoms with Gasteiger partial charge in [0.2, 0.25) is 0 Å². The van der Waals surface area contributed by atoms with Gasteiger partial charge in [-0.05, 0) is 36.9 Å². The Balaban J connectivity index is 2.07. The van der Waals surface area contributed by atoms with Crippen molar-refractivity contribution >= 4 is 11.8 Å². The SMILES string of the molecule is COc1ccc(CN(C)C2CCSC2)cc1C#N. The van der Waals surface area contributed by atoms with Gasteiger partial charge in [0, 0.05) is 18.3 Å². The molecule has 0 N–H and O–H groups in total. The van der Waals surface area contributed by atoms with Crippen LogP contribution < -0.4 is 4.74 Å². The minimum Gasteiger partial charge on any atom is -0.495 e. The Labute approximate surface area is 113 Å². The summed E-state index contributed by atoms with van der Waals surface area (Å²) in [6.45, 7) is 0.893. The summed E-state index contributed by atoms with van der Waals surface area (Å²) in [5.41, 5.74) is 1.79. The predicted molar refractivity (Wildman–Crippen MR) is 74.9 cm³/mol. The highest BCUT2D eigenvalue weighted by Crippen LogP contribution is 2.24. The fourth-order valence-corrected chi connectivity index (χ4v) is 3.53. The number of rotatable bonds is 4. The lowest BCUT2D eigenvalue weighted by molar-refractivity contribution is 0.254. The zero-order valence-electron chi connectivity index (χ0n) is 10.8. The maximum atomic E-state index is 9.07. The van der Waals surface area contributed by atoms with Crippen molar-refractivity contribution < 1.29 is 4.74 Å². The van der Waals surface area contributed by atoms with Crippen LogP contribution in [0.5, 0.6) is 5.75 Å². The molecule has 0 aliphatic carbocycles. The Bertz CT molecular complexity index is 450. The molecule has 1 saturated heterocycles. The molecule has 0 aromatic heterocycles. The van der Waals surface area contributed by atoms with Crippen LogP contribution in [0.25, 0.3) is 0 Å². The third kappa shape index (κ3) is 2.98. The molecular formula is C14H18N2OS. The first-order chi connectivity index (χ1) is 8.74. The van der Waals surface area contributed by atoms with Crippen molar-refractivity contribution in [2.24, 2.45) is 0 Å². The quantitative estimate of drug-likeness (QED) is 0.835. The van der Waals surface area contributed by atoms with E-state index in [1.807, 2.05) is 30.0 Å². The van der Waals surface area contributed by atoms with Crippen molar-refractivity contribution in [1.29, 1.82) is 5.26 Å². The summed E-state index contributed by atoms with van der Waals surface area (Å²) < 4.78 is 5.16. The van der Waals surface area contributed by atoms with E-state index in [2.05, 4.69) is 18.0 Å². The molecule has 1 heterocycles. The van der Waals surface area contributed by atoms with Crippen LogP contribution in [0.15, 0.2) is 18.2 Å². The van der Waals surface area contributed by atoms with Gasteiger partial charge in [-0.2, -0.15) is 17.0 Å². The van der Waals surface area contributed by atoms with Gasteiger partial charge in [0.05, 0.1) is 12.7 Å². The van der Waals surface area contributed by atoms with Gasteiger partial charge in [0.1, 0.15) is 11.8 Å². The maximum absolute atomic E-state index is 9.07. The Morgan fingerprint density at radius 1 is 1.56 bits per heavy atom. The number of methoxy groups -OCH3 is 1. The van der Waals surface area contributed by atoms with E-state index >= 15 is 0 Å². The lowest BCUT2D eigenvalue weighted by atomic mass is 10.1. The van der Waals surface area contributed by atoms with E-state index in [1.54, 1.807) is 7.11 Å². The van der Waals surface area contributed by atoms with Gasteiger partial charge in [-0.1, -0.05) is 6.07 Å². The van der Waals surface area contributed by atoms with Crippen LogP contribution in [0.3, 0.4) is 0 Å². The number of benzene rings is 1. The monoisotopic (exact) mass is 262 g/mol. The smallest absolute Gasteiger partial charge is 0.136 e. The Morgan fingerprint density at radius 3 is 3.00 bits per heavy atom. The highest BCUT2D eigenvalue weighted by molar-refractivity contribution is 7.99. The summed E-state index contributed by atoms with van der Waals surface area (Å²) in [4.78, 5) is 2.38. The molecule has 0 spiro atoms. The van der Waals surface area contributed by atoms with E-state index in [1.165, 1.54) is 23.5 Å². The molecule has 1 unspecified atom stereocenters. The molecule has 0 bridgehead atoms. The third-order valence-corrected chi connectivity index (χ3v) is 4.49. The molecule has 1 fully saturated rings. The van der Waals surface area contributed by atoms with Crippen molar-refractivity contribution in [2.45, 2.75) is 19.0 Å². The first kappa shape index (κ1) is 13.3. The molecule has 1 aromatic carbocycles. The van der Waals surface area contributed by atoms with Crippen molar-refractivity contribution in [3.8, 4) is 11.8 Å². The van der Waals surface area contributed by atoms with Gasteiger partial charge in [0.25, 0.3) is 0 Å². The molecule has 1 atom stereocenters. The number of ether oxygens (including phenoxy) is 1. The minimum atomic E-state index is 0.615. The molecule has 1 aliphatic rings. The van der Waals surface area contributed by atoms with Gasteiger partial charge in [-0.25, -0.2) is 0 Å². The number of hydrogen-bond acceptors (Lipinski definition) is 4. The second kappa shape index (κ2) is 6.12. The van der Waals surface area contributed by atoms with E-state index < -0.39 is 0 Å². The van der Waals surface area contributed by atoms with Crippen LogP contribution in [0.4, 0.5) is 0 Å². The third-order valence-electron chi connectivity index (χ3n) is 3.35. The van der Waals surface area contributed by atoms with Crippen LogP contribution in [-0.2, 0) is 6.54 Å². The van der Waals surface area contributed by atoms with Crippen LogP contribution in [0, 0.1) is 11.3 Å². The lowest BCUT2D eigenvalue weighted by Crippen LogP contribution is -2.30. The van der Waals surface area contributed by atoms with E-state index in [0.717, 1.165) is 6.54 Å². The molecule has 3 nitrogen and oxygen atoms in total. The number of nitriles is 1. The summed E-state index contributed by atoms with van der Waals surface area (Å²) in [6.07, 6.45) is 1.27. The average Bonchev–Trinajstić information content (AvgIpc) is 2.92. The van der Waals surface area contributed by atoms with Crippen molar-refractivity contribution in [1.82, 2.24) is 4.90 Å². The van der Waals surface area contributed by atoms with Crippen molar-refractivity contribution in [2.75, 3.05) is 25.7 Å². The normalized spacial score (nSPS) is 18.9. The molecular weight excluding hydrogens is 244 g/mol. The molecule has 0 radical (unpaired) electrons. The van der Waals surface area contributed by atoms with Crippen LogP contribution in [0.2, 0.25) is 0 Å². The minimum absolute atomic E-state index is 0.615. The zero-order valence-corrected chi connectivity index (χ0v) is 11.7. The fraction of sp³-hybridized carbons (Fsp3) is 0.500. The summed E-state index contributed by atoms with van der Waals surface area (Å²) in [5.74, 6) is 3.14. The Morgan fingerprint density at radius 2 is 2.39 bits per heavy atom. The summed E-state index contributed by atoms with van der Waals surface area (Å²) in [5, 5.41) is 9.07. The molecule has 0 saturated carbocycles. The van der Waals surface area contributed by atoms with Gasteiger partial charge in [-0.15, -0.1) is 0 Å². The van der Waals surface area contributed by atoms with Gasteiger partial charge in [0.15, 0.2) is 0 Å². The van der Waals surface area contributed by atoms with E-state index in [0.29, 0.717) is 17.4 Å². The van der Waals surface area contributed by atoms with Gasteiger partial charge in [-0.3, -0.25) is 4.90 Å². The van der Waals surface area contributed by atoms with E-state index in [4.69, 9.17) is 10.00 Å². The van der Waals surface area contributed by atoms with Crippen molar-refractivity contribution in [3.05, 3.63) is 29.3 Å². The summed E-state index contributed by atoms with van der Waals surface area (Å²) in [7, 11) is 3.75. The van der Waals surface area contributed by atoms with E-state index in [9.17, 15) is 0 Å². The molecule has 18 heavy (non-hydrogen) atoms. The van der Waals surface area contributed by atoms with E-state index in [-0.39, 0.29) is 0 Å². The summed E-state index contributed by atoms with van der Waals surface area (Å²) >= 11 is 2.02. The molecule has 1 aromatic rings. The molecule has 96 valence electrons. The van der Waals surface area contributed by atoms with Crippen LogP contribution in [0.1, 0.15) is 17.5 Å². The Kier molecular flexibility index (Phi) is 4.51. The highest BCUT2D eigenvalue weighted by atomic mass is 32.2. The average molecular weight is 262 g/mol. The first-order valence-electron chi connectivity index (χ1n) is 6.09. The molecule has 0 amide bonds. The van der Waals surface area contributed by atoms with Crippen molar-refractivity contribution in [3.63, 3.8) is 0 Å². The second-order valence-corrected chi connectivity index (χ2v) is 5.73. The number of nitrogens with zero attached hydrogens (tertiary/aromatic N) is 2. The topological polar surface area (TPSA) is 36.3 Å². The standard InChI is InChI=1S/C14H18N2OS/c1-16(13-5-6-18-10-13)9-11-3-4-14(17-2)12(7-11)8-15/h3-4,7,13H,5-6,9-10H2,1-2H3. The fourth-order valence-electron chi connectivity index (χ4n) is 2.23. The zero-order chi connectivity index (χ0) is 13.0. The van der Waals surface area contributed by atoms with Gasteiger partial charge < -0.3 is 4.74 Å². The highest BCUT2D eigenvalue weighted by Gasteiger charge is 2.20. The van der Waals surface area contributed by atoms with Gasteiger partial charge >= 0.3 is 0 Å². The van der Waals surface area contributed by atoms with Crippen LogP contribution >= 0.6 is 11.8 Å². The maximum Gasteiger partial charge on any atom is 0.136 e. The van der Waals surface area contributed by atoms with Crippen LogP contribution in [-0.4, -0.2) is 36.6 Å². The number of thioether (sulfide) groups is 1. The lowest BCUT2D eigenvalue weighted by Gasteiger charge is -2.23. The second-order valence-electron chi connectivity index (χ2n) is 4.58.